The SMILES string of the molecule is O=C(NCC1(c2ccccc2)CCCC1)C(=O)Nc1ccc(Br)cc1. The monoisotopic (exact) mass is 400 g/mol. The minimum atomic E-state index is -0.636. The van der Waals surface area contributed by atoms with E-state index < -0.39 is 11.8 Å². The van der Waals surface area contributed by atoms with E-state index in [1.807, 2.05) is 30.3 Å². The molecule has 1 fully saturated rings. The molecule has 2 amide bonds. The van der Waals surface area contributed by atoms with Gasteiger partial charge in [0.2, 0.25) is 0 Å². The van der Waals surface area contributed by atoms with Gasteiger partial charge in [-0.2, -0.15) is 0 Å². The van der Waals surface area contributed by atoms with Crippen molar-refractivity contribution < 1.29 is 9.59 Å². The fourth-order valence-corrected chi connectivity index (χ4v) is 3.73. The third kappa shape index (κ3) is 4.28. The summed E-state index contributed by atoms with van der Waals surface area (Å²) in [5.41, 5.74) is 1.78. The molecule has 0 aromatic heterocycles. The van der Waals surface area contributed by atoms with Gasteiger partial charge in [0.05, 0.1) is 0 Å². The van der Waals surface area contributed by atoms with E-state index in [0.29, 0.717) is 12.2 Å². The summed E-state index contributed by atoms with van der Waals surface area (Å²) in [4.78, 5) is 24.3. The van der Waals surface area contributed by atoms with Crippen LogP contribution in [-0.2, 0) is 15.0 Å². The quantitative estimate of drug-likeness (QED) is 0.761. The van der Waals surface area contributed by atoms with Crippen LogP contribution in [0.1, 0.15) is 31.2 Å². The summed E-state index contributed by atoms with van der Waals surface area (Å²) >= 11 is 3.34. The Balaban J connectivity index is 1.62. The molecule has 5 heteroatoms. The number of amides is 2. The summed E-state index contributed by atoms with van der Waals surface area (Å²) in [6.45, 7) is 0.490. The molecule has 0 unspecified atom stereocenters. The summed E-state index contributed by atoms with van der Waals surface area (Å²) in [5.74, 6) is -1.23. The van der Waals surface area contributed by atoms with Gasteiger partial charge in [-0.05, 0) is 42.7 Å². The molecule has 4 nitrogen and oxygen atoms in total. The Bertz CT molecular complexity index is 738. The first-order valence-electron chi connectivity index (χ1n) is 8.49. The molecule has 0 spiro atoms. The summed E-state index contributed by atoms with van der Waals surface area (Å²) in [6, 6.07) is 17.4. The number of hydrogen-bond acceptors (Lipinski definition) is 2. The number of carbonyl (C=O) groups is 2. The van der Waals surface area contributed by atoms with Crippen LogP contribution in [0.3, 0.4) is 0 Å². The molecular formula is C20H21BrN2O2. The summed E-state index contributed by atoms with van der Waals surface area (Å²) in [7, 11) is 0. The number of halogens is 1. The van der Waals surface area contributed by atoms with Crippen molar-refractivity contribution >= 4 is 33.4 Å². The molecule has 1 aliphatic rings. The minimum Gasteiger partial charge on any atom is -0.347 e. The fraction of sp³-hybridized carbons (Fsp3) is 0.300. The first-order chi connectivity index (χ1) is 12.1. The van der Waals surface area contributed by atoms with Gasteiger partial charge in [0.1, 0.15) is 0 Å². The zero-order valence-electron chi connectivity index (χ0n) is 13.9. The Labute approximate surface area is 156 Å². The van der Waals surface area contributed by atoms with E-state index in [2.05, 4.69) is 38.7 Å². The molecule has 0 aliphatic heterocycles. The maximum absolute atomic E-state index is 12.2. The third-order valence-corrected chi connectivity index (χ3v) is 5.37. The Morgan fingerprint density at radius 1 is 0.920 bits per heavy atom. The molecule has 0 saturated heterocycles. The van der Waals surface area contributed by atoms with Crippen molar-refractivity contribution in [3.63, 3.8) is 0 Å². The second-order valence-corrected chi connectivity index (χ2v) is 7.41. The van der Waals surface area contributed by atoms with Crippen molar-refractivity contribution in [1.29, 1.82) is 0 Å². The van der Waals surface area contributed by atoms with Gasteiger partial charge in [-0.25, -0.2) is 0 Å². The van der Waals surface area contributed by atoms with E-state index in [0.717, 1.165) is 30.2 Å². The molecule has 2 N–H and O–H groups in total. The standard InChI is InChI=1S/C20H21BrN2O2/c21-16-8-10-17(11-9-16)23-19(25)18(24)22-14-20(12-4-5-13-20)15-6-2-1-3-7-15/h1-3,6-11H,4-5,12-14H2,(H,22,24)(H,23,25). The average Bonchev–Trinajstić information content (AvgIpc) is 3.12. The van der Waals surface area contributed by atoms with Crippen LogP contribution in [0, 0.1) is 0 Å². The van der Waals surface area contributed by atoms with E-state index in [-0.39, 0.29) is 5.41 Å². The molecule has 2 aromatic carbocycles. The van der Waals surface area contributed by atoms with Crippen molar-refractivity contribution in [3.8, 4) is 0 Å². The van der Waals surface area contributed by atoms with Gasteiger partial charge in [-0.3, -0.25) is 9.59 Å². The van der Waals surface area contributed by atoms with Crippen LogP contribution >= 0.6 is 15.9 Å². The molecule has 1 saturated carbocycles. The van der Waals surface area contributed by atoms with Gasteiger partial charge >= 0.3 is 11.8 Å². The van der Waals surface area contributed by atoms with Crippen LogP contribution in [-0.4, -0.2) is 18.4 Å². The molecule has 130 valence electrons. The third-order valence-electron chi connectivity index (χ3n) is 4.84. The van der Waals surface area contributed by atoms with Crippen molar-refractivity contribution in [1.82, 2.24) is 5.32 Å². The van der Waals surface area contributed by atoms with Gasteiger partial charge in [-0.1, -0.05) is 59.1 Å². The van der Waals surface area contributed by atoms with Crippen LogP contribution in [0.25, 0.3) is 0 Å². The van der Waals surface area contributed by atoms with E-state index in [9.17, 15) is 9.59 Å². The lowest BCUT2D eigenvalue weighted by molar-refractivity contribution is -0.136. The van der Waals surface area contributed by atoms with Gasteiger partial charge in [0, 0.05) is 22.1 Å². The second-order valence-electron chi connectivity index (χ2n) is 6.50. The lowest BCUT2D eigenvalue weighted by atomic mass is 9.79. The zero-order chi connectivity index (χ0) is 17.7. The Kier molecular flexibility index (Phi) is 5.53. The van der Waals surface area contributed by atoms with Crippen LogP contribution in [0.4, 0.5) is 5.69 Å². The smallest absolute Gasteiger partial charge is 0.313 e. The highest BCUT2D eigenvalue weighted by atomic mass is 79.9. The molecule has 3 rings (SSSR count). The van der Waals surface area contributed by atoms with E-state index in [4.69, 9.17) is 0 Å². The highest BCUT2D eigenvalue weighted by Gasteiger charge is 2.36. The van der Waals surface area contributed by atoms with Crippen LogP contribution in [0.15, 0.2) is 59.1 Å². The van der Waals surface area contributed by atoms with Gasteiger partial charge < -0.3 is 10.6 Å². The van der Waals surface area contributed by atoms with Crippen LogP contribution < -0.4 is 10.6 Å². The van der Waals surface area contributed by atoms with E-state index in [1.54, 1.807) is 12.1 Å². The topological polar surface area (TPSA) is 58.2 Å². The van der Waals surface area contributed by atoms with Crippen molar-refractivity contribution in [2.75, 3.05) is 11.9 Å². The number of rotatable bonds is 4. The average molecular weight is 401 g/mol. The van der Waals surface area contributed by atoms with E-state index >= 15 is 0 Å². The number of hydrogen-bond donors (Lipinski definition) is 2. The van der Waals surface area contributed by atoms with Gasteiger partial charge in [0.15, 0.2) is 0 Å². The molecule has 0 atom stereocenters. The van der Waals surface area contributed by atoms with Crippen LogP contribution in [0.5, 0.6) is 0 Å². The molecule has 0 heterocycles. The van der Waals surface area contributed by atoms with Gasteiger partial charge in [-0.15, -0.1) is 0 Å². The first-order valence-corrected chi connectivity index (χ1v) is 9.29. The first kappa shape index (κ1) is 17.7. The summed E-state index contributed by atoms with van der Waals surface area (Å²) < 4.78 is 0.918. The molecular weight excluding hydrogens is 380 g/mol. The molecule has 0 radical (unpaired) electrons. The number of benzene rings is 2. The Morgan fingerprint density at radius 2 is 1.56 bits per heavy atom. The minimum absolute atomic E-state index is 0.0607. The predicted octanol–water partition coefficient (Wildman–Crippen LogP) is 4.02. The number of nitrogens with one attached hydrogen (secondary N) is 2. The molecule has 0 bridgehead atoms. The highest BCUT2D eigenvalue weighted by molar-refractivity contribution is 9.10. The van der Waals surface area contributed by atoms with Crippen molar-refractivity contribution in [3.05, 3.63) is 64.6 Å². The Hall–Kier alpha value is -2.14. The Morgan fingerprint density at radius 3 is 2.20 bits per heavy atom. The molecule has 2 aromatic rings. The van der Waals surface area contributed by atoms with Gasteiger partial charge in [0.25, 0.3) is 0 Å². The normalized spacial score (nSPS) is 15.6. The van der Waals surface area contributed by atoms with Crippen molar-refractivity contribution in [2.24, 2.45) is 0 Å². The maximum atomic E-state index is 12.2. The fourth-order valence-electron chi connectivity index (χ4n) is 3.46. The lowest BCUT2D eigenvalue weighted by Crippen LogP contribution is -2.43. The zero-order valence-corrected chi connectivity index (χ0v) is 15.5. The summed E-state index contributed by atoms with van der Waals surface area (Å²) in [6.07, 6.45) is 4.36. The lowest BCUT2D eigenvalue weighted by Gasteiger charge is -2.29. The maximum Gasteiger partial charge on any atom is 0.313 e. The summed E-state index contributed by atoms with van der Waals surface area (Å²) in [5, 5.41) is 5.46. The predicted molar refractivity (Wildman–Crippen MR) is 102 cm³/mol. The van der Waals surface area contributed by atoms with Crippen molar-refractivity contribution in [2.45, 2.75) is 31.1 Å². The highest BCUT2D eigenvalue weighted by Crippen LogP contribution is 2.40. The number of carbonyl (C=O) groups excluding carboxylic acids is 2. The van der Waals surface area contributed by atoms with Crippen LogP contribution in [0.2, 0.25) is 0 Å². The number of anilines is 1. The molecule has 1 aliphatic carbocycles. The van der Waals surface area contributed by atoms with E-state index in [1.165, 1.54) is 5.56 Å². The largest absolute Gasteiger partial charge is 0.347 e. The second kappa shape index (κ2) is 7.83. The molecule has 25 heavy (non-hydrogen) atoms.